The van der Waals surface area contributed by atoms with Crippen LogP contribution in [0.15, 0.2) is 80.0 Å². The fraction of sp³-hybridized carbons (Fsp3) is 0.250. The summed E-state index contributed by atoms with van der Waals surface area (Å²) in [6, 6.07) is 15.7. The van der Waals surface area contributed by atoms with Crippen LogP contribution >= 0.6 is 39.0 Å². The summed E-state index contributed by atoms with van der Waals surface area (Å²) >= 11 is 5.93. The molecule has 0 saturated heterocycles. The van der Waals surface area contributed by atoms with E-state index in [-0.39, 0.29) is 34.0 Å². The lowest BCUT2D eigenvalue weighted by Crippen LogP contribution is -2.42. The molecule has 0 spiro atoms. The Hall–Kier alpha value is -3.53. The lowest BCUT2D eigenvalue weighted by molar-refractivity contribution is -0.118. The normalized spacial score (nSPS) is 18.4. The van der Waals surface area contributed by atoms with Crippen molar-refractivity contribution in [2.24, 2.45) is 11.1 Å². The van der Waals surface area contributed by atoms with E-state index in [9.17, 15) is 19.2 Å². The number of nitriles is 1. The topological polar surface area (TPSA) is 125 Å². The van der Waals surface area contributed by atoms with Gasteiger partial charge in [0.25, 0.3) is 0 Å². The molecule has 1 amide bonds. The van der Waals surface area contributed by atoms with E-state index in [1.807, 2.05) is 38.1 Å². The van der Waals surface area contributed by atoms with Crippen LogP contribution in [-0.4, -0.2) is 27.6 Å². The number of para-hydroxylation sites is 1. The summed E-state index contributed by atoms with van der Waals surface area (Å²) in [6.07, 6.45) is 0.884. The number of aromatic nitrogens is 2. The highest BCUT2D eigenvalue weighted by Crippen LogP contribution is 2.51. The molecule has 40 heavy (non-hydrogen) atoms. The monoisotopic (exact) mass is 638 g/mol. The van der Waals surface area contributed by atoms with Crippen molar-refractivity contribution in [3.05, 3.63) is 87.0 Å². The SMILES string of the molecule is CC1(C)CC(=O)C2=C(C1)N(c1nnc(SCC(=O)Nc3ccccc3F)s1)C(N)=C(C#N)C2c1ccccc1Br. The van der Waals surface area contributed by atoms with Gasteiger partial charge in [0.05, 0.1) is 29.0 Å². The molecule has 1 aliphatic heterocycles. The van der Waals surface area contributed by atoms with Crippen molar-refractivity contribution in [2.75, 3.05) is 16.0 Å². The Morgan fingerprint density at radius 2 is 1.98 bits per heavy atom. The van der Waals surface area contributed by atoms with Gasteiger partial charge in [-0.3, -0.25) is 14.5 Å². The third kappa shape index (κ3) is 5.41. The predicted molar refractivity (Wildman–Crippen MR) is 157 cm³/mol. The van der Waals surface area contributed by atoms with E-state index in [1.54, 1.807) is 17.0 Å². The zero-order chi connectivity index (χ0) is 28.6. The first kappa shape index (κ1) is 28.0. The molecule has 2 aromatic carbocycles. The van der Waals surface area contributed by atoms with Crippen molar-refractivity contribution in [3.8, 4) is 6.07 Å². The average Bonchev–Trinajstić information content (AvgIpc) is 3.36. The molecule has 3 N–H and O–H groups in total. The fourth-order valence-electron chi connectivity index (χ4n) is 4.97. The van der Waals surface area contributed by atoms with Crippen LogP contribution in [0.4, 0.5) is 15.2 Å². The smallest absolute Gasteiger partial charge is 0.234 e. The van der Waals surface area contributed by atoms with Crippen LogP contribution < -0.4 is 16.0 Å². The fourth-order valence-corrected chi connectivity index (χ4v) is 7.17. The van der Waals surface area contributed by atoms with Crippen molar-refractivity contribution in [3.63, 3.8) is 0 Å². The Labute approximate surface area is 247 Å². The summed E-state index contributed by atoms with van der Waals surface area (Å²) in [5.74, 6) is -1.38. The number of benzene rings is 2. The number of anilines is 2. The zero-order valence-corrected chi connectivity index (χ0v) is 24.8. The minimum Gasteiger partial charge on any atom is -0.384 e. The minimum atomic E-state index is -0.612. The van der Waals surface area contributed by atoms with Gasteiger partial charge in [-0.25, -0.2) is 4.39 Å². The number of allylic oxidation sites excluding steroid dienone is 3. The molecule has 1 aliphatic carbocycles. The third-order valence-electron chi connectivity index (χ3n) is 6.66. The number of carbonyl (C=O) groups excluding carboxylic acids is 2. The van der Waals surface area contributed by atoms with Crippen LogP contribution in [0.3, 0.4) is 0 Å². The number of halogens is 2. The maximum atomic E-state index is 13.9. The van der Waals surface area contributed by atoms with Gasteiger partial charge >= 0.3 is 0 Å². The molecule has 5 rings (SSSR count). The van der Waals surface area contributed by atoms with Crippen LogP contribution in [0.5, 0.6) is 0 Å². The molecule has 0 bridgehead atoms. The highest BCUT2D eigenvalue weighted by Gasteiger charge is 2.45. The van der Waals surface area contributed by atoms with Gasteiger partial charge < -0.3 is 11.1 Å². The van der Waals surface area contributed by atoms with Gasteiger partial charge in [0.2, 0.25) is 11.0 Å². The van der Waals surface area contributed by atoms with Crippen molar-refractivity contribution >= 4 is 61.5 Å². The molecule has 2 aliphatic rings. The van der Waals surface area contributed by atoms with Crippen molar-refractivity contribution in [1.82, 2.24) is 10.2 Å². The van der Waals surface area contributed by atoms with E-state index in [0.29, 0.717) is 33.6 Å². The van der Waals surface area contributed by atoms with E-state index in [0.717, 1.165) is 21.8 Å². The summed E-state index contributed by atoms with van der Waals surface area (Å²) in [5.41, 5.74) is 8.72. The number of nitrogens with one attached hydrogen (secondary N) is 1. The number of carbonyl (C=O) groups is 2. The first-order valence-corrected chi connectivity index (χ1v) is 14.9. The summed E-state index contributed by atoms with van der Waals surface area (Å²) < 4.78 is 15.1. The summed E-state index contributed by atoms with van der Waals surface area (Å²) in [6.45, 7) is 4.05. The second kappa shape index (κ2) is 11.2. The van der Waals surface area contributed by atoms with Crippen LogP contribution in [0.2, 0.25) is 0 Å². The molecular formula is C28H24BrFN6O2S2. The van der Waals surface area contributed by atoms with Gasteiger partial charge in [0.15, 0.2) is 10.1 Å². The van der Waals surface area contributed by atoms with Crippen LogP contribution in [0.1, 0.15) is 38.2 Å². The van der Waals surface area contributed by atoms with Crippen LogP contribution in [0, 0.1) is 22.6 Å². The number of nitrogens with zero attached hydrogens (tertiary/aromatic N) is 4. The first-order valence-electron chi connectivity index (χ1n) is 12.3. The van der Waals surface area contributed by atoms with Gasteiger partial charge in [-0.1, -0.05) is 83.2 Å². The van der Waals surface area contributed by atoms with Crippen molar-refractivity contribution in [1.29, 1.82) is 5.26 Å². The second-order valence-corrected chi connectivity index (χ2v) is 13.2. The molecule has 1 atom stereocenters. The molecular weight excluding hydrogens is 615 g/mol. The van der Waals surface area contributed by atoms with Crippen molar-refractivity contribution in [2.45, 2.75) is 36.9 Å². The maximum absolute atomic E-state index is 13.9. The average molecular weight is 640 g/mol. The van der Waals surface area contributed by atoms with Gasteiger partial charge in [0, 0.05) is 22.2 Å². The number of hydrogen-bond acceptors (Lipinski definition) is 9. The Balaban J connectivity index is 1.48. The molecule has 1 aromatic heterocycles. The number of hydrogen-bond donors (Lipinski definition) is 2. The van der Waals surface area contributed by atoms with Gasteiger partial charge in [0.1, 0.15) is 11.6 Å². The van der Waals surface area contributed by atoms with E-state index in [4.69, 9.17) is 5.73 Å². The van der Waals surface area contributed by atoms with Crippen LogP contribution in [-0.2, 0) is 9.59 Å². The summed E-state index contributed by atoms with van der Waals surface area (Å²) in [5, 5.41) is 21.7. The Bertz CT molecular complexity index is 1630. The first-order chi connectivity index (χ1) is 19.1. The highest BCUT2D eigenvalue weighted by molar-refractivity contribution is 9.10. The quantitative estimate of drug-likeness (QED) is 0.310. The number of Topliss-reactive ketones (excluding diaryl/α,β-unsaturated/α-hetero) is 1. The number of amides is 1. The lowest BCUT2D eigenvalue weighted by atomic mass is 9.69. The Morgan fingerprint density at radius 1 is 1.25 bits per heavy atom. The molecule has 0 fully saturated rings. The molecule has 1 unspecified atom stereocenters. The summed E-state index contributed by atoms with van der Waals surface area (Å²) in [4.78, 5) is 27.7. The number of rotatable bonds is 6. The number of nitrogens with two attached hydrogens (primary N) is 1. The van der Waals surface area contributed by atoms with E-state index >= 15 is 0 Å². The van der Waals surface area contributed by atoms with Gasteiger partial charge in [-0.15, -0.1) is 10.2 Å². The highest BCUT2D eigenvalue weighted by atomic mass is 79.9. The van der Waals surface area contributed by atoms with E-state index < -0.39 is 17.6 Å². The third-order valence-corrected chi connectivity index (χ3v) is 9.42. The predicted octanol–water partition coefficient (Wildman–Crippen LogP) is 6.11. The molecule has 12 heteroatoms. The van der Waals surface area contributed by atoms with Crippen LogP contribution in [0.25, 0.3) is 0 Å². The lowest BCUT2D eigenvalue weighted by Gasteiger charge is -2.42. The molecule has 0 saturated carbocycles. The minimum absolute atomic E-state index is 0.0126. The van der Waals surface area contributed by atoms with E-state index in [1.165, 1.54) is 23.5 Å². The van der Waals surface area contributed by atoms with Gasteiger partial charge in [-0.2, -0.15) is 5.26 Å². The maximum Gasteiger partial charge on any atom is 0.234 e. The van der Waals surface area contributed by atoms with E-state index in [2.05, 4.69) is 37.5 Å². The summed E-state index contributed by atoms with van der Waals surface area (Å²) in [7, 11) is 0. The van der Waals surface area contributed by atoms with Crippen molar-refractivity contribution < 1.29 is 14.0 Å². The molecule has 0 radical (unpaired) electrons. The number of thioether (sulfide) groups is 1. The molecule has 3 aromatic rings. The number of ketones is 1. The Kier molecular flexibility index (Phi) is 7.81. The Morgan fingerprint density at radius 3 is 2.70 bits per heavy atom. The zero-order valence-electron chi connectivity index (χ0n) is 21.6. The molecule has 204 valence electrons. The van der Waals surface area contributed by atoms with Gasteiger partial charge in [-0.05, 0) is 35.6 Å². The second-order valence-electron chi connectivity index (χ2n) is 10.2. The standard InChI is InChI=1S/C28H24BrFN6O2S2/c1-28(2)11-20-24(21(37)12-28)23(15-7-3-4-8-17(15)29)16(13-31)25(32)36(20)26-34-35-27(40-26)39-14-22(38)33-19-10-6-5-9-18(19)30/h3-10,23H,11-12,14,32H2,1-2H3,(H,33,38). The largest absolute Gasteiger partial charge is 0.384 e. The molecule has 8 nitrogen and oxygen atoms in total. The molecule has 2 heterocycles.